The Morgan fingerprint density at radius 3 is 2.47 bits per heavy atom. The molecular formula is C14H25NO4. The molecule has 1 unspecified atom stereocenters. The number of methoxy groups -OCH3 is 1. The van der Waals surface area contributed by atoms with Crippen molar-refractivity contribution in [1.29, 1.82) is 0 Å². The molecule has 1 saturated heterocycles. The van der Waals surface area contributed by atoms with E-state index in [0.29, 0.717) is 25.3 Å². The second-order valence-electron chi connectivity index (χ2n) is 5.47. The lowest BCUT2D eigenvalue weighted by Gasteiger charge is -2.24. The number of hydrogen-bond donors (Lipinski definition) is 1. The van der Waals surface area contributed by atoms with E-state index in [-0.39, 0.29) is 19.1 Å². The minimum absolute atomic E-state index is 0.0768. The standard InChI is InChI=1S/C14H25NO4/c1-4-11(5-2)8-12(16)15-7-6-14(9-15,10-19-3)13(17)18/h11H,4-10H2,1-3H3,(H,17,18). The summed E-state index contributed by atoms with van der Waals surface area (Å²) in [5, 5.41) is 9.35. The van der Waals surface area contributed by atoms with Gasteiger partial charge in [0.2, 0.25) is 5.91 Å². The molecule has 5 heteroatoms. The molecule has 1 rings (SSSR count). The fraction of sp³-hybridized carbons (Fsp3) is 0.857. The molecule has 5 nitrogen and oxygen atoms in total. The highest BCUT2D eigenvalue weighted by Gasteiger charge is 2.46. The van der Waals surface area contributed by atoms with Crippen LogP contribution in [0.4, 0.5) is 0 Å². The van der Waals surface area contributed by atoms with Crippen LogP contribution in [0.15, 0.2) is 0 Å². The lowest BCUT2D eigenvalue weighted by Crippen LogP contribution is -2.40. The molecule has 110 valence electrons. The molecule has 0 aromatic rings. The maximum atomic E-state index is 12.2. The van der Waals surface area contributed by atoms with Gasteiger partial charge in [0.15, 0.2) is 0 Å². The van der Waals surface area contributed by atoms with E-state index in [1.165, 1.54) is 7.11 Å². The first-order valence-corrected chi connectivity index (χ1v) is 6.99. The fourth-order valence-corrected chi connectivity index (χ4v) is 2.67. The van der Waals surface area contributed by atoms with Crippen LogP contribution in [0.5, 0.6) is 0 Å². The zero-order chi connectivity index (χ0) is 14.5. The van der Waals surface area contributed by atoms with Gasteiger partial charge in [0, 0.05) is 26.6 Å². The van der Waals surface area contributed by atoms with E-state index in [1.54, 1.807) is 4.90 Å². The number of carbonyl (C=O) groups is 2. The monoisotopic (exact) mass is 271 g/mol. The summed E-state index contributed by atoms with van der Waals surface area (Å²) >= 11 is 0. The van der Waals surface area contributed by atoms with Gasteiger partial charge in [-0.25, -0.2) is 0 Å². The van der Waals surface area contributed by atoms with Crippen molar-refractivity contribution in [1.82, 2.24) is 4.90 Å². The Balaban J connectivity index is 2.63. The first kappa shape index (κ1) is 16.0. The third kappa shape index (κ3) is 3.69. The molecule has 1 aliphatic rings. The second-order valence-corrected chi connectivity index (χ2v) is 5.47. The third-order valence-electron chi connectivity index (χ3n) is 4.20. The first-order chi connectivity index (χ1) is 8.99. The molecule has 0 spiro atoms. The van der Waals surface area contributed by atoms with Gasteiger partial charge in [-0.1, -0.05) is 26.7 Å². The van der Waals surface area contributed by atoms with Crippen LogP contribution in [0.1, 0.15) is 39.5 Å². The Kier molecular flexibility index (Phi) is 5.79. The first-order valence-electron chi connectivity index (χ1n) is 6.99. The smallest absolute Gasteiger partial charge is 0.313 e. The van der Waals surface area contributed by atoms with E-state index in [9.17, 15) is 14.7 Å². The van der Waals surface area contributed by atoms with Crippen molar-refractivity contribution in [2.24, 2.45) is 11.3 Å². The van der Waals surface area contributed by atoms with E-state index in [1.807, 2.05) is 0 Å². The molecule has 0 aliphatic carbocycles. The average Bonchev–Trinajstić information content (AvgIpc) is 2.82. The van der Waals surface area contributed by atoms with Crippen molar-refractivity contribution in [2.75, 3.05) is 26.8 Å². The molecular weight excluding hydrogens is 246 g/mol. The quantitative estimate of drug-likeness (QED) is 0.766. The van der Waals surface area contributed by atoms with Gasteiger partial charge in [-0.3, -0.25) is 9.59 Å². The van der Waals surface area contributed by atoms with Gasteiger partial charge in [0.25, 0.3) is 0 Å². The van der Waals surface area contributed by atoms with Crippen LogP contribution >= 0.6 is 0 Å². The zero-order valence-electron chi connectivity index (χ0n) is 12.1. The van der Waals surface area contributed by atoms with Gasteiger partial charge >= 0.3 is 5.97 Å². The van der Waals surface area contributed by atoms with Crippen molar-refractivity contribution < 1.29 is 19.4 Å². The van der Waals surface area contributed by atoms with Crippen LogP contribution in [0.2, 0.25) is 0 Å². The van der Waals surface area contributed by atoms with Gasteiger partial charge in [-0.15, -0.1) is 0 Å². The Bertz CT molecular complexity index is 327. The second kappa shape index (κ2) is 6.89. The van der Waals surface area contributed by atoms with E-state index in [0.717, 1.165) is 12.8 Å². The van der Waals surface area contributed by atoms with Crippen molar-refractivity contribution in [3.05, 3.63) is 0 Å². The van der Waals surface area contributed by atoms with E-state index in [4.69, 9.17) is 4.74 Å². The molecule has 19 heavy (non-hydrogen) atoms. The predicted molar refractivity (Wildman–Crippen MR) is 71.8 cm³/mol. The number of likely N-dealkylation sites (tertiary alicyclic amines) is 1. The molecule has 1 N–H and O–H groups in total. The summed E-state index contributed by atoms with van der Waals surface area (Å²) in [6.07, 6.45) is 2.97. The van der Waals surface area contributed by atoms with Crippen LogP contribution < -0.4 is 0 Å². The van der Waals surface area contributed by atoms with Gasteiger partial charge in [-0.05, 0) is 12.3 Å². The van der Waals surface area contributed by atoms with Gasteiger partial charge in [-0.2, -0.15) is 0 Å². The topological polar surface area (TPSA) is 66.8 Å². The molecule has 0 bridgehead atoms. The highest BCUT2D eigenvalue weighted by molar-refractivity contribution is 5.81. The van der Waals surface area contributed by atoms with Gasteiger partial charge in [0.05, 0.1) is 6.61 Å². The lowest BCUT2D eigenvalue weighted by atomic mass is 9.88. The van der Waals surface area contributed by atoms with Crippen LogP contribution in [-0.2, 0) is 14.3 Å². The zero-order valence-corrected chi connectivity index (χ0v) is 12.1. The van der Waals surface area contributed by atoms with E-state index in [2.05, 4.69) is 13.8 Å². The number of amides is 1. The lowest BCUT2D eigenvalue weighted by molar-refractivity contribution is -0.151. The molecule has 1 heterocycles. The van der Waals surface area contributed by atoms with Crippen molar-refractivity contribution >= 4 is 11.9 Å². The van der Waals surface area contributed by atoms with Gasteiger partial charge in [0.1, 0.15) is 5.41 Å². The Morgan fingerprint density at radius 1 is 1.37 bits per heavy atom. The summed E-state index contributed by atoms with van der Waals surface area (Å²) in [7, 11) is 1.50. The Hall–Kier alpha value is -1.10. The highest BCUT2D eigenvalue weighted by atomic mass is 16.5. The maximum absolute atomic E-state index is 12.2. The summed E-state index contributed by atoms with van der Waals surface area (Å²) in [5.41, 5.74) is -0.918. The molecule has 1 aliphatic heterocycles. The molecule has 0 aromatic heterocycles. The third-order valence-corrected chi connectivity index (χ3v) is 4.20. The number of carboxylic acids is 1. The maximum Gasteiger partial charge on any atom is 0.313 e. The molecule has 1 amide bonds. The summed E-state index contributed by atoms with van der Waals surface area (Å²) in [4.78, 5) is 25.3. The Morgan fingerprint density at radius 2 is 2.00 bits per heavy atom. The van der Waals surface area contributed by atoms with Gasteiger partial charge < -0.3 is 14.7 Å². The van der Waals surface area contributed by atoms with Crippen molar-refractivity contribution in [2.45, 2.75) is 39.5 Å². The normalized spacial score (nSPS) is 23.1. The summed E-state index contributed by atoms with van der Waals surface area (Å²) < 4.78 is 5.02. The molecule has 1 atom stereocenters. The van der Waals surface area contributed by atoms with Crippen LogP contribution in [0.3, 0.4) is 0 Å². The number of carbonyl (C=O) groups excluding carboxylic acids is 1. The van der Waals surface area contributed by atoms with Crippen LogP contribution in [0, 0.1) is 11.3 Å². The molecule has 0 saturated carbocycles. The predicted octanol–water partition coefficient (Wildman–Crippen LogP) is 1.76. The number of ether oxygens (including phenoxy) is 1. The number of aliphatic carboxylic acids is 1. The number of rotatable bonds is 7. The number of nitrogens with zero attached hydrogens (tertiary/aromatic N) is 1. The fourth-order valence-electron chi connectivity index (χ4n) is 2.67. The SMILES string of the molecule is CCC(CC)CC(=O)N1CCC(COC)(C(=O)O)C1. The average molecular weight is 271 g/mol. The number of hydrogen-bond acceptors (Lipinski definition) is 3. The minimum atomic E-state index is -0.918. The van der Waals surface area contributed by atoms with Crippen molar-refractivity contribution in [3.63, 3.8) is 0 Å². The van der Waals surface area contributed by atoms with Crippen LogP contribution in [-0.4, -0.2) is 48.7 Å². The molecule has 0 aromatic carbocycles. The minimum Gasteiger partial charge on any atom is -0.481 e. The van der Waals surface area contributed by atoms with Crippen molar-refractivity contribution in [3.8, 4) is 0 Å². The number of carboxylic acid groups (broad SMARTS) is 1. The van der Waals surface area contributed by atoms with E-state index >= 15 is 0 Å². The molecule has 0 radical (unpaired) electrons. The summed E-state index contributed by atoms with van der Waals surface area (Å²) in [6, 6.07) is 0. The van der Waals surface area contributed by atoms with E-state index < -0.39 is 11.4 Å². The largest absolute Gasteiger partial charge is 0.481 e. The highest BCUT2D eigenvalue weighted by Crippen LogP contribution is 2.32. The molecule has 1 fully saturated rings. The summed E-state index contributed by atoms with van der Waals surface area (Å²) in [6.45, 7) is 5.12. The summed E-state index contributed by atoms with van der Waals surface area (Å²) in [5.74, 6) is -0.394. The van der Waals surface area contributed by atoms with Crippen LogP contribution in [0.25, 0.3) is 0 Å². The Labute approximate surface area is 114 Å².